The van der Waals surface area contributed by atoms with Crippen molar-refractivity contribution in [3.63, 3.8) is 0 Å². The van der Waals surface area contributed by atoms with Crippen molar-refractivity contribution in [2.45, 2.75) is 72.3 Å². The van der Waals surface area contributed by atoms with Crippen LogP contribution in [0, 0.1) is 5.92 Å². The molecule has 2 unspecified atom stereocenters. The molecule has 0 spiro atoms. The molecule has 23 heavy (non-hydrogen) atoms. The lowest BCUT2D eigenvalue weighted by Gasteiger charge is -2.36. The minimum absolute atomic E-state index is 0.231. The van der Waals surface area contributed by atoms with E-state index in [4.69, 9.17) is 4.74 Å². The van der Waals surface area contributed by atoms with Gasteiger partial charge in [-0.05, 0) is 65.0 Å². The van der Waals surface area contributed by atoms with Gasteiger partial charge < -0.3 is 4.74 Å². The number of Topliss-reactive ketones (excluding diaryl/α,β-unsaturated/α-hetero) is 1. The SMILES string of the molecule is CC(C)=CC/C=C(\C)CCC1(C)C=CC2=C(CC(C)CC2=O)O1. The first-order chi connectivity index (χ1) is 10.8. The molecule has 0 aromatic carbocycles. The second-order valence-electron chi connectivity index (χ2n) is 7.59. The van der Waals surface area contributed by atoms with Gasteiger partial charge >= 0.3 is 0 Å². The molecule has 2 nitrogen and oxygen atoms in total. The number of ketones is 1. The monoisotopic (exact) mass is 314 g/mol. The lowest BCUT2D eigenvalue weighted by atomic mass is 9.84. The second kappa shape index (κ2) is 7.33. The zero-order valence-electron chi connectivity index (χ0n) is 15.2. The Morgan fingerprint density at radius 3 is 2.74 bits per heavy atom. The molecule has 2 heteroatoms. The van der Waals surface area contributed by atoms with Gasteiger partial charge in [-0.3, -0.25) is 4.79 Å². The van der Waals surface area contributed by atoms with Crippen molar-refractivity contribution in [3.8, 4) is 0 Å². The summed E-state index contributed by atoms with van der Waals surface area (Å²) in [6, 6.07) is 0. The van der Waals surface area contributed by atoms with Gasteiger partial charge in [0.05, 0.1) is 5.57 Å². The Balaban J connectivity index is 1.96. The zero-order chi connectivity index (χ0) is 17.0. The molecule has 0 fully saturated rings. The van der Waals surface area contributed by atoms with Crippen molar-refractivity contribution < 1.29 is 9.53 Å². The normalized spacial score (nSPS) is 27.6. The van der Waals surface area contributed by atoms with E-state index in [0.29, 0.717) is 12.3 Å². The van der Waals surface area contributed by atoms with Crippen LogP contribution < -0.4 is 0 Å². The van der Waals surface area contributed by atoms with E-state index in [1.54, 1.807) is 0 Å². The summed E-state index contributed by atoms with van der Waals surface area (Å²) in [5.41, 5.74) is 3.27. The molecule has 2 atom stereocenters. The van der Waals surface area contributed by atoms with Crippen LogP contribution in [0.2, 0.25) is 0 Å². The average Bonchev–Trinajstić information content (AvgIpc) is 2.44. The molecule has 0 radical (unpaired) electrons. The number of hydrogen-bond donors (Lipinski definition) is 0. The van der Waals surface area contributed by atoms with Gasteiger partial charge in [0.2, 0.25) is 0 Å². The highest BCUT2D eigenvalue weighted by Crippen LogP contribution is 2.37. The molecule has 0 amide bonds. The van der Waals surface area contributed by atoms with Gasteiger partial charge in [-0.15, -0.1) is 0 Å². The van der Waals surface area contributed by atoms with Gasteiger partial charge in [-0.2, -0.15) is 0 Å². The molecule has 1 aliphatic carbocycles. The minimum atomic E-state index is -0.290. The van der Waals surface area contributed by atoms with E-state index in [-0.39, 0.29) is 11.4 Å². The summed E-state index contributed by atoms with van der Waals surface area (Å²) in [5, 5.41) is 0. The Hall–Kier alpha value is -1.57. The van der Waals surface area contributed by atoms with E-state index < -0.39 is 0 Å². The van der Waals surface area contributed by atoms with Gasteiger partial charge in [0, 0.05) is 12.8 Å². The van der Waals surface area contributed by atoms with E-state index in [0.717, 1.165) is 37.0 Å². The van der Waals surface area contributed by atoms with Crippen molar-refractivity contribution in [3.05, 3.63) is 46.8 Å². The van der Waals surface area contributed by atoms with E-state index in [2.05, 4.69) is 52.8 Å². The standard InChI is InChI=1S/C21H30O2/c1-15(2)7-6-8-16(3)9-11-21(5)12-10-18-19(22)13-17(4)14-20(18)23-21/h7-8,10,12,17H,6,9,11,13-14H2,1-5H3/b16-8+. The first-order valence-electron chi connectivity index (χ1n) is 8.72. The predicted molar refractivity (Wildman–Crippen MR) is 96.1 cm³/mol. The fraction of sp³-hybridized carbons (Fsp3) is 0.571. The molecule has 1 aliphatic heterocycles. The Morgan fingerprint density at radius 1 is 1.30 bits per heavy atom. The molecule has 0 saturated carbocycles. The topological polar surface area (TPSA) is 26.3 Å². The summed E-state index contributed by atoms with van der Waals surface area (Å²) in [6.45, 7) is 10.7. The molecule has 0 N–H and O–H groups in total. The lowest BCUT2D eigenvalue weighted by molar-refractivity contribution is -0.117. The van der Waals surface area contributed by atoms with Crippen LogP contribution in [0.15, 0.2) is 46.8 Å². The van der Waals surface area contributed by atoms with E-state index in [1.165, 1.54) is 11.1 Å². The van der Waals surface area contributed by atoms with Crippen LogP contribution in [-0.4, -0.2) is 11.4 Å². The highest BCUT2D eigenvalue weighted by atomic mass is 16.5. The number of carbonyl (C=O) groups is 1. The summed E-state index contributed by atoms with van der Waals surface area (Å²) in [7, 11) is 0. The van der Waals surface area contributed by atoms with Crippen molar-refractivity contribution in [2.75, 3.05) is 0 Å². The zero-order valence-corrected chi connectivity index (χ0v) is 15.2. The van der Waals surface area contributed by atoms with E-state index >= 15 is 0 Å². The maximum atomic E-state index is 12.1. The number of carbonyl (C=O) groups excluding carboxylic acids is 1. The third kappa shape index (κ3) is 4.95. The molecular formula is C21H30O2. The highest BCUT2D eigenvalue weighted by Gasteiger charge is 2.34. The number of ether oxygens (including phenoxy) is 1. The maximum absolute atomic E-state index is 12.1. The van der Waals surface area contributed by atoms with Crippen LogP contribution >= 0.6 is 0 Å². The van der Waals surface area contributed by atoms with Crippen molar-refractivity contribution >= 4 is 5.78 Å². The first kappa shape index (κ1) is 17.8. The Labute approximate surface area is 141 Å². The highest BCUT2D eigenvalue weighted by molar-refractivity contribution is 5.99. The number of hydrogen-bond acceptors (Lipinski definition) is 2. The molecule has 126 valence electrons. The molecule has 0 saturated heterocycles. The fourth-order valence-corrected chi connectivity index (χ4v) is 3.12. The van der Waals surface area contributed by atoms with Crippen LogP contribution in [0.4, 0.5) is 0 Å². The Kier molecular flexibility index (Phi) is 5.67. The van der Waals surface area contributed by atoms with Gasteiger partial charge in [-0.25, -0.2) is 0 Å². The van der Waals surface area contributed by atoms with E-state index in [1.807, 2.05) is 6.08 Å². The molecular weight excluding hydrogens is 284 g/mol. The fourth-order valence-electron chi connectivity index (χ4n) is 3.12. The minimum Gasteiger partial charge on any atom is -0.487 e. The van der Waals surface area contributed by atoms with Gasteiger partial charge in [-0.1, -0.05) is 30.2 Å². The summed E-state index contributed by atoms with van der Waals surface area (Å²) < 4.78 is 6.24. The van der Waals surface area contributed by atoms with Crippen molar-refractivity contribution in [1.29, 1.82) is 0 Å². The van der Waals surface area contributed by atoms with Crippen LogP contribution in [0.1, 0.15) is 66.7 Å². The van der Waals surface area contributed by atoms with Crippen LogP contribution in [0.3, 0.4) is 0 Å². The largest absolute Gasteiger partial charge is 0.487 e. The molecule has 2 rings (SSSR count). The quantitative estimate of drug-likeness (QED) is 0.611. The molecule has 0 aromatic rings. The van der Waals surface area contributed by atoms with Crippen LogP contribution in [0.5, 0.6) is 0 Å². The molecule has 0 bridgehead atoms. The second-order valence-corrected chi connectivity index (χ2v) is 7.59. The number of allylic oxidation sites excluding steroid dienone is 7. The third-order valence-corrected chi connectivity index (χ3v) is 4.64. The number of rotatable bonds is 5. The lowest BCUT2D eigenvalue weighted by Crippen LogP contribution is -2.32. The molecule has 0 aromatic heterocycles. The average molecular weight is 314 g/mol. The summed E-state index contributed by atoms with van der Waals surface area (Å²) >= 11 is 0. The predicted octanol–water partition coefficient (Wildman–Crippen LogP) is 5.67. The first-order valence-corrected chi connectivity index (χ1v) is 8.72. The van der Waals surface area contributed by atoms with Gasteiger partial charge in [0.25, 0.3) is 0 Å². The summed E-state index contributed by atoms with van der Waals surface area (Å²) in [4.78, 5) is 12.1. The third-order valence-electron chi connectivity index (χ3n) is 4.64. The van der Waals surface area contributed by atoms with Crippen molar-refractivity contribution in [2.24, 2.45) is 5.92 Å². The Morgan fingerprint density at radius 2 is 2.04 bits per heavy atom. The molecule has 1 heterocycles. The van der Waals surface area contributed by atoms with Crippen molar-refractivity contribution in [1.82, 2.24) is 0 Å². The Bertz CT molecular complexity index is 585. The van der Waals surface area contributed by atoms with Crippen LogP contribution in [0.25, 0.3) is 0 Å². The maximum Gasteiger partial charge on any atom is 0.166 e. The smallest absolute Gasteiger partial charge is 0.166 e. The van der Waals surface area contributed by atoms with E-state index in [9.17, 15) is 4.79 Å². The van der Waals surface area contributed by atoms with Crippen LogP contribution in [-0.2, 0) is 9.53 Å². The summed E-state index contributed by atoms with van der Waals surface area (Å²) in [5.74, 6) is 1.53. The van der Waals surface area contributed by atoms with Gasteiger partial charge in [0.1, 0.15) is 11.4 Å². The molecule has 2 aliphatic rings. The van der Waals surface area contributed by atoms with Gasteiger partial charge in [0.15, 0.2) is 5.78 Å². The summed E-state index contributed by atoms with van der Waals surface area (Å²) in [6.07, 6.45) is 13.1.